The van der Waals surface area contributed by atoms with Crippen molar-refractivity contribution in [2.45, 2.75) is 38.0 Å². The van der Waals surface area contributed by atoms with Gasteiger partial charge < -0.3 is 10.2 Å². The lowest BCUT2D eigenvalue weighted by molar-refractivity contribution is 0.440. The fourth-order valence-corrected chi connectivity index (χ4v) is 4.22. The molecule has 2 atom stereocenters. The van der Waals surface area contributed by atoms with Gasteiger partial charge in [-0.1, -0.05) is 54.9 Å². The molecule has 0 saturated heterocycles. The molecule has 2 aromatic carbocycles. The zero-order chi connectivity index (χ0) is 18.5. The average Bonchev–Trinajstić information content (AvgIpc) is 2.95. The lowest BCUT2D eigenvalue weighted by atomic mass is 9.97. The van der Waals surface area contributed by atoms with Gasteiger partial charge in [-0.05, 0) is 72.1 Å². The van der Waals surface area contributed by atoms with E-state index in [4.69, 9.17) is 23.8 Å². The summed E-state index contributed by atoms with van der Waals surface area (Å²) in [5, 5.41) is 5.05. The molecule has 0 spiro atoms. The molecule has 2 nitrogen and oxygen atoms in total. The minimum Gasteiger partial charge on any atom is -0.362 e. The highest BCUT2D eigenvalue weighted by Gasteiger charge is 2.28. The third-order valence-electron chi connectivity index (χ3n) is 5.35. The second kappa shape index (κ2) is 8.88. The summed E-state index contributed by atoms with van der Waals surface area (Å²) in [6, 6.07) is 16.9. The third kappa shape index (κ3) is 4.77. The van der Waals surface area contributed by atoms with Gasteiger partial charge in [-0.25, -0.2) is 0 Å². The molecule has 0 aromatic heterocycles. The quantitative estimate of drug-likeness (QED) is 0.672. The first kappa shape index (κ1) is 19.2. The first-order valence-corrected chi connectivity index (χ1v) is 10.2. The molecule has 26 heavy (non-hydrogen) atoms. The van der Waals surface area contributed by atoms with E-state index in [1.807, 2.05) is 12.1 Å². The van der Waals surface area contributed by atoms with E-state index in [1.54, 1.807) is 0 Å². The van der Waals surface area contributed by atoms with Crippen LogP contribution in [-0.4, -0.2) is 30.1 Å². The Morgan fingerprint density at radius 1 is 1.19 bits per heavy atom. The molecule has 0 heterocycles. The SMILES string of the molecule is C[C@@H]1C[C@@H](CCN(C)C(=S)NCCc2ccccc2)c2cc(Cl)ccc21. The smallest absolute Gasteiger partial charge is 0.168 e. The second-order valence-corrected chi connectivity index (χ2v) is 8.11. The number of benzene rings is 2. The number of nitrogens with one attached hydrogen (secondary N) is 1. The second-order valence-electron chi connectivity index (χ2n) is 7.28. The summed E-state index contributed by atoms with van der Waals surface area (Å²) in [4.78, 5) is 2.16. The monoisotopic (exact) mass is 386 g/mol. The number of rotatable bonds is 6. The van der Waals surface area contributed by atoms with Gasteiger partial charge in [-0.2, -0.15) is 0 Å². The van der Waals surface area contributed by atoms with Gasteiger partial charge in [0.05, 0.1) is 0 Å². The Morgan fingerprint density at radius 2 is 1.96 bits per heavy atom. The zero-order valence-corrected chi connectivity index (χ0v) is 17.1. The van der Waals surface area contributed by atoms with E-state index in [2.05, 4.69) is 60.6 Å². The first-order chi connectivity index (χ1) is 12.5. The van der Waals surface area contributed by atoms with Gasteiger partial charge in [0, 0.05) is 25.2 Å². The largest absolute Gasteiger partial charge is 0.362 e. The van der Waals surface area contributed by atoms with Crippen molar-refractivity contribution in [1.82, 2.24) is 10.2 Å². The van der Waals surface area contributed by atoms with Crippen LogP contribution in [0.25, 0.3) is 0 Å². The highest BCUT2D eigenvalue weighted by Crippen LogP contribution is 2.44. The van der Waals surface area contributed by atoms with Crippen molar-refractivity contribution in [3.05, 3.63) is 70.2 Å². The highest BCUT2D eigenvalue weighted by molar-refractivity contribution is 7.80. The molecular weight excluding hydrogens is 360 g/mol. The molecule has 1 aliphatic carbocycles. The van der Waals surface area contributed by atoms with Crippen molar-refractivity contribution in [2.24, 2.45) is 0 Å². The van der Waals surface area contributed by atoms with Crippen molar-refractivity contribution >= 4 is 28.9 Å². The predicted molar refractivity (Wildman–Crippen MR) is 115 cm³/mol. The number of hydrogen-bond acceptors (Lipinski definition) is 1. The lowest BCUT2D eigenvalue weighted by Gasteiger charge is -2.23. The maximum absolute atomic E-state index is 6.22. The van der Waals surface area contributed by atoms with Crippen molar-refractivity contribution < 1.29 is 0 Å². The highest BCUT2D eigenvalue weighted by atomic mass is 35.5. The van der Waals surface area contributed by atoms with Crippen LogP contribution in [0.1, 0.15) is 48.3 Å². The Hall–Kier alpha value is -1.58. The number of nitrogens with zero attached hydrogens (tertiary/aromatic N) is 1. The molecular formula is C22H27ClN2S. The van der Waals surface area contributed by atoms with E-state index in [-0.39, 0.29) is 0 Å². The fourth-order valence-electron chi connectivity index (χ4n) is 3.85. The Bertz CT molecular complexity index is 747. The first-order valence-electron chi connectivity index (χ1n) is 9.37. The van der Waals surface area contributed by atoms with Gasteiger partial charge in [0.2, 0.25) is 0 Å². The molecule has 0 aliphatic heterocycles. The summed E-state index contributed by atoms with van der Waals surface area (Å²) in [7, 11) is 2.08. The maximum Gasteiger partial charge on any atom is 0.168 e. The summed E-state index contributed by atoms with van der Waals surface area (Å²) in [5.41, 5.74) is 4.23. The third-order valence-corrected chi connectivity index (χ3v) is 6.04. The molecule has 0 amide bonds. The van der Waals surface area contributed by atoms with Crippen molar-refractivity contribution in [3.63, 3.8) is 0 Å². The van der Waals surface area contributed by atoms with E-state index in [0.717, 1.165) is 36.1 Å². The molecule has 1 aliphatic rings. The van der Waals surface area contributed by atoms with E-state index in [1.165, 1.54) is 23.1 Å². The van der Waals surface area contributed by atoms with E-state index in [0.29, 0.717) is 11.8 Å². The van der Waals surface area contributed by atoms with Gasteiger partial charge in [-0.15, -0.1) is 0 Å². The normalized spacial score (nSPS) is 18.4. The molecule has 3 rings (SSSR count). The molecule has 0 fully saturated rings. The molecule has 2 aromatic rings. The molecule has 4 heteroatoms. The molecule has 0 unspecified atom stereocenters. The Morgan fingerprint density at radius 3 is 2.73 bits per heavy atom. The average molecular weight is 387 g/mol. The summed E-state index contributed by atoms with van der Waals surface area (Å²) in [6.45, 7) is 4.14. The Balaban J connectivity index is 1.46. The van der Waals surface area contributed by atoms with E-state index < -0.39 is 0 Å². The minimum atomic E-state index is 0.577. The standard InChI is InChI=1S/C22H27ClN2S/c1-16-14-18(21-15-19(23)8-9-20(16)21)11-13-25(2)22(26)24-12-10-17-6-4-3-5-7-17/h3-9,15-16,18H,10-14H2,1-2H3,(H,24,26)/t16-,18-/m1/s1. The van der Waals surface area contributed by atoms with Crippen LogP contribution in [0, 0.1) is 0 Å². The van der Waals surface area contributed by atoms with Crippen LogP contribution in [0.5, 0.6) is 0 Å². The summed E-state index contributed by atoms with van der Waals surface area (Å²) >= 11 is 11.8. The molecule has 0 saturated carbocycles. The van der Waals surface area contributed by atoms with E-state index >= 15 is 0 Å². The number of fused-ring (bicyclic) bond motifs is 1. The minimum absolute atomic E-state index is 0.577. The Labute approximate surface area is 167 Å². The summed E-state index contributed by atoms with van der Waals surface area (Å²) in [5.74, 6) is 1.20. The Kier molecular flexibility index (Phi) is 6.55. The van der Waals surface area contributed by atoms with Crippen LogP contribution >= 0.6 is 23.8 Å². The summed E-state index contributed by atoms with van der Waals surface area (Å²) < 4.78 is 0. The van der Waals surface area contributed by atoms with Crippen LogP contribution in [0.3, 0.4) is 0 Å². The van der Waals surface area contributed by atoms with Crippen LogP contribution < -0.4 is 5.32 Å². The zero-order valence-electron chi connectivity index (χ0n) is 15.5. The van der Waals surface area contributed by atoms with Crippen molar-refractivity contribution in [1.29, 1.82) is 0 Å². The van der Waals surface area contributed by atoms with Gasteiger partial charge in [-0.3, -0.25) is 0 Å². The lowest BCUT2D eigenvalue weighted by Crippen LogP contribution is -2.38. The molecule has 0 radical (unpaired) electrons. The topological polar surface area (TPSA) is 15.3 Å². The molecule has 1 N–H and O–H groups in total. The van der Waals surface area contributed by atoms with E-state index in [9.17, 15) is 0 Å². The number of halogens is 1. The van der Waals surface area contributed by atoms with Gasteiger partial charge >= 0.3 is 0 Å². The summed E-state index contributed by atoms with van der Waals surface area (Å²) in [6.07, 6.45) is 3.30. The fraction of sp³-hybridized carbons (Fsp3) is 0.409. The van der Waals surface area contributed by atoms with Crippen molar-refractivity contribution in [2.75, 3.05) is 20.1 Å². The van der Waals surface area contributed by atoms with Crippen LogP contribution in [-0.2, 0) is 6.42 Å². The number of hydrogen-bond donors (Lipinski definition) is 1. The van der Waals surface area contributed by atoms with Crippen LogP contribution in [0.4, 0.5) is 0 Å². The van der Waals surface area contributed by atoms with Gasteiger partial charge in [0.1, 0.15) is 0 Å². The van der Waals surface area contributed by atoms with Crippen LogP contribution in [0.15, 0.2) is 48.5 Å². The van der Waals surface area contributed by atoms with Gasteiger partial charge in [0.15, 0.2) is 5.11 Å². The van der Waals surface area contributed by atoms with Gasteiger partial charge in [0.25, 0.3) is 0 Å². The molecule has 138 valence electrons. The maximum atomic E-state index is 6.22. The predicted octanol–water partition coefficient (Wildman–Crippen LogP) is 5.37. The number of thiocarbonyl (C=S) groups is 1. The molecule has 0 bridgehead atoms. The van der Waals surface area contributed by atoms with Crippen LogP contribution in [0.2, 0.25) is 5.02 Å². The van der Waals surface area contributed by atoms with Crippen molar-refractivity contribution in [3.8, 4) is 0 Å².